The van der Waals surface area contributed by atoms with E-state index in [4.69, 9.17) is 9.47 Å². The third-order valence-corrected chi connectivity index (χ3v) is 6.05. The predicted molar refractivity (Wildman–Crippen MR) is 130 cm³/mol. The first kappa shape index (κ1) is 26.2. The van der Waals surface area contributed by atoms with Gasteiger partial charge in [0.2, 0.25) is 5.91 Å². The highest BCUT2D eigenvalue weighted by molar-refractivity contribution is 6.07. The molecule has 0 radical (unpaired) electrons. The smallest absolute Gasteiger partial charge is 0.273 e. The number of ether oxygens (including phenoxy) is 2. The van der Waals surface area contributed by atoms with Gasteiger partial charge < -0.3 is 29.6 Å². The van der Waals surface area contributed by atoms with Crippen LogP contribution < -0.4 is 15.4 Å². The number of carbonyl (C=O) groups excluding carboxylic acids is 3. The number of nitrogens with zero attached hydrogens (tertiary/aromatic N) is 3. The number of benzene rings is 1. The van der Waals surface area contributed by atoms with Crippen LogP contribution in [0.2, 0.25) is 0 Å². The van der Waals surface area contributed by atoms with Crippen LogP contribution in [0.4, 0.5) is 0 Å². The van der Waals surface area contributed by atoms with E-state index in [1.807, 2.05) is 45.0 Å². The Morgan fingerprint density at radius 1 is 1.20 bits per heavy atom. The number of imidazole rings is 1. The molecule has 3 rings (SSSR count). The van der Waals surface area contributed by atoms with Crippen LogP contribution in [0.25, 0.3) is 0 Å². The highest BCUT2D eigenvalue weighted by Gasteiger charge is 2.48. The maximum atomic E-state index is 13.4. The summed E-state index contributed by atoms with van der Waals surface area (Å²) in [6.07, 6.45) is 2.26. The van der Waals surface area contributed by atoms with Crippen molar-refractivity contribution in [3.63, 3.8) is 0 Å². The summed E-state index contributed by atoms with van der Waals surface area (Å²) >= 11 is 0. The molecule has 1 aliphatic rings. The number of rotatable bonds is 11. The van der Waals surface area contributed by atoms with Crippen molar-refractivity contribution in [1.29, 1.82) is 0 Å². The number of aromatic nitrogens is 2. The molecule has 1 atom stereocenters. The predicted octanol–water partition coefficient (Wildman–Crippen LogP) is 1.99. The molecule has 0 spiro atoms. The molecule has 2 N–H and O–H groups in total. The first-order valence-corrected chi connectivity index (χ1v) is 11.9. The first-order chi connectivity index (χ1) is 16.7. The lowest BCUT2D eigenvalue weighted by Gasteiger charge is -2.43. The molecule has 10 heteroatoms. The average Bonchev–Trinajstić information content (AvgIpc) is 3.26. The van der Waals surface area contributed by atoms with Gasteiger partial charge in [0.1, 0.15) is 17.0 Å². The maximum Gasteiger partial charge on any atom is 0.273 e. The van der Waals surface area contributed by atoms with E-state index in [-0.39, 0.29) is 36.5 Å². The van der Waals surface area contributed by atoms with E-state index in [1.165, 1.54) is 11.2 Å². The number of hydrogen-bond acceptors (Lipinski definition) is 6. The number of nitrogens with one attached hydrogen (secondary N) is 2. The van der Waals surface area contributed by atoms with Crippen molar-refractivity contribution in [3.8, 4) is 5.75 Å². The Morgan fingerprint density at radius 3 is 2.54 bits per heavy atom. The van der Waals surface area contributed by atoms with Gasteiger partial charge in [-0.1, -0.05) is 12.1 Å². The minimum atomic E-state index is -1.10. The standard InChI is InChI=1S/C25H35N5O5/c1-6-30-23(32)21-20(22(31)27-14-18-8-10-19(34-5)11-9-18)28-16-29(21)15-25(30,4)24(33)26-12-7-13-35-17(2)3/h8-11,16-17H,6-7,12-15H2,1-5H3,(H,26,33)(H,27,31)/t25-/m0/s1. The van der Waals surface area contributed by atoms with Gasteiger partial charge in [-0.05, 0) is 51.8 Å². The first-order valence-electron chi connectivity index (χ1n) is 11.9. The van der Waals surface area contributed by atoms with Crippen molar-refractivity contribution >= 4 is 17.7 Å². The highest BCUT2D eigenvalue weighted by atomic mass is 16.5. The molecule has 35 heavy (non-hydrogen) atoms. The second-order valence-electron chi connectivity index (χ2n) is 8.95. The molecule has 3 amide bonds. The fraction of sp³-hybridized carbons (Fsp3) is 0.520. The summed E-state index contributed by atoms with van der Waals surface area (Å²) in [5.41, 5.74) is 0.0247. The van der Waals surface area contributed by atoms with E-state index in [9.17, 15) is 14.4 Å². The van der Waals surface area contributed by atoms with Crippen LogP contribution in [-0.4, -0.2) is 70.6 Å². The summed E-state index contributed by atoms with van der Waals surface area (Å²) in [5.74, 6) is -0.365. The maximum absolute atomic E-state index is 13.4. The molecule has 1 aromatic heterocycles. The van der Waals surface area contributed by atoms with Crippen LogP contribution in [0, 0.1) is 0 Å². The van der Waals surface area contributed by atoms with Crippen LogP contribution >= 0.6 is 0 Å². The molecule has 2 aromatic rings. The van der Waals surface area contributed by atoms with E-state index in [1.54, 1.807) is 18.6 Å². The number of carbonyl (C=O) groups is 3. The third-order valence-electron chi connectivity index (χ3n) is 6.05. The third kappa shape index (κ3) is 5.82. The van der Waals surface area contributed by atoms with Gasteiger partial charge in [0.05, 0.1) is 26.1 Å². The van der Waals surface area contributed by atoms with Crippen molar-refractivity contribution < 1.29 is 23.9 Å². The SMILES string of the molecule is CCN1C(=O)c2c(C(=O)NCc3ccc(OC)cc3)ncn2C[C@@]1(C)C(=O)NCCCOC(C)C. The van der Waals surface area contributed by atoms with Gasteiger partial charge in [0.15, 0.2) is 5.69 Å². The lowest BCUT2D eigenvalue weighted by Crippen LogP contribution is -2.64. The second-order valence-corrected chi connectivity index (χ2v) is 8.95. The molecule has 10 nitrogen and oxygen atoms in total. The number of methoxy groups -OCH3 is 1. The van der Waals surface area contributed by atoms with Crippen molar-refractivity contribution in [2.24, 2.45) is 0 Å². The Bertz CT molecular complexity index is 1050. The molecule has 2 heterocycles. The summed E-state index contributed by atoms with van der Waals surface area (Å²) in [6, 6.07) is 7.33. The largest absolute Gasteiger partial charge is 0.497 e. The van der Waals surface area contributed by atoms with Gasteiger partial charge in [-0.2, -0.15) is 0 Å². The Labute approximate surface area is 206 Å². The average molecular weight is 486 g/mol. The zero-order valence-corrected chi connectivity index (χ0v) is 21.1. The monoisotopic (exact) mass is 485 g/mol. The van der Waals surface area contributed by atoms with Crippen molar-refractivity contribution in [2.75, 3.05) is 26.8 Å². The van der Waals surface area contributed by atoms with Crippen LogP contribution in [0.3, 0.4) is 0 Å². The fourth-order valence-electron chi connectivity index (χ4n) is 4.14. The molecule has 0 fully saturated rings. The zero-order valence-electron chi connectivity index (χ0n) is 21.1. The van der Waals surface area contributed by atoms with E-state index < -0.39 is 17.4 Å². The van der Waals surface area contributed by atoms with Crippen molar-refractivity contribution in [1.82, 2.24) is 25.1 Å². The van der Waals surface area contributed by atoms with Gasteiger partial charge in [-0.25, -0.2) is 4.98 Å². The quantitative estimate of drug-likeness (QED) is 0.471. The minimum absolute atomic E-state index is 0.0512. The minimum Gasteiger partial charge on any atom is -0.497 e. The van der Waals surface area contributed by atoms with E-state index in [0.717, 1.165) is 11.3 Å². The van der Waals surface area contributed by atoms with Crippen LogP contribution in [0.15, 0.2) is 30.6 Å². The summed E-state index contributed by atoms with van der Waals surface area (Å²) in [7, 11) is 1.59. The lowest BCUT2D eigenvalue weighted by molar-refractivity contribution is -0.132. The summed E-state index contributed by atoms with van der Waals surface area (Å²) in [5, 5.41) is 5.74. The summed E-state index contributed by atoms with van der Waals surface area (Å²) in [6.45, 7) is 9.27. The summed E-state index contributed by atoms with van der Waals surface area (Å²) < 4.78 is 12.3. The van der Waals surface area contributed by atoms with E-state index in [2.05, 4.69) is 15.6 Å². The molecule has 0 bridgehead atoms. The Kier molecular flexibility index (Phi) is 8.50. The Balaban J connectivity index is 1.70. The molecule has 0 aliphatic carbocycles. The number of fused-ring (bicyclic) bond motifs is 1. The van der Waals surface area contributed by atoms with Gasteiger partial charge >= 0.3 is 0 Å². The molecular formula is C25H35N5O5. The Morgan fingerprint density at radius 2 is 1.91 bits per heavy atom. The van der Waals surface area contributed by atoms with Gasteiger partial charge in [0, 0.05) is 26.2 Å². The number of amides is 3. The second kappa shape index (κ2) is 11.4. The topological polar surface area (TPSA) is 115 Å². The molecular weight excluding hydrogens is 450 g/mol. The molecule has 0 unspecified atom stereocenters. The zero-order chi connectivity index (χ0) is 25.6. The number of hydrogen-bond donors (Lipinski definition) is 2. The van der Waals surface area contributed by atoms with Crippen LogP contribution in [-0.2, 0) is 22.6 Å². The molecule has 0 saturated heterocycles. The van der Waals surface area contributed by atoms with E-state index >= 15 is 0 Å². The normalized spacial score (nSPS) is 17.3. The lowest BCUT2D eigenvalue weighted by atomic mass is 9.94. The van der Waals surface area contributed by atoms with E-state index in [0.29, 0.717) is 26.1 Å². The van der Waals surface area contributed by atoms with Gasteiger partial charge in [-0.3, -0.25) is 14.4 Å². The van der Waals surface area contributed by atoms with Gasteiger partial charge in [0.25, 0.3) is 11.8 Å². The fourth-order valence-corrected chi connectivity index (χ4v) is 4.14. The highest BCUT2D eigenvalue weighted by Crippen LogP contribution is 2.28. The Hall–Kier alpha value is -3.40. The van der Waals surface area contributed by atoms with Crippen molar-refractivity contribution in [3.05, 3.63) is 47.5 Å². The molecule has 1 aliphatic heterocycles. The van der Waals surface area contributed by atoms with Gasteiger partial charge in [-0.15, -0.1) is 0 Å². The molecule has 1 aromatic carbocycles. The van der Waals surface area contributed by atoms with Crippen LogP contribution in [0.1, 0.15) is 60.7 Å². The van der Waals surface area contributed by atoms with Crippen molar-refractivity contribution in [2.45, 2.75) is 58.8 Å². The number of likely N-dealkylation sites (N-methyl/N-ethyl adjacent to an activating group) is 1. The van der Waals surface area contributed by atoms with Crippen LogP contribution in [0.5, 0.6) is 5.75 Å². The summed E-state index contributed by atoms with van der Waals surface area (Å²) in [4.78, 5) is 45.2. The molecule has 190 valence electrons. The molecule has 0 saturated carbocycles.